The van der Waals surface area contributed by atoms with Gasteiger partial charge in [-0.15, -0.1) is 0 Å². The first-order valence-corrected chi connectivity index (χ1v) is 18.1. The molecule has 1 unspecified atom stereocenters. The number of amides is 1. The summed E-state index contributed by atoms with van der Waals surface area (Å²) in [6.07, 6.45) is 1.66. The highest BCUT2D eigenvalue weighted by atomic mass is 35.5. The van der Waals surface area contributed by atoms with E-state index in [1.165, 1.54) is 12.1 Å². The molecule has 0 N–H and O–H groups in total. The van der Waals surface area contributed by atoms with Gasteiger partial charge in [0.25, 0.3) is 5.91 Å². The Balaban J connectivity index is 1.29. The molecule has 0 aliphatic carbocycles. The fourth-order valence-electron chi connectivity index (χ4n) is 5.84. The van der Waals surface area contributed by atoms with Crippen LogP contribution in [0.1, 0.15) is 86.6 Å². The molecule has 50 heavy (non-hydrogen) atoms. The van der Waals surface area contributed by atoms with Crippen molar-refractivity contribution < 1.29 is 36.7 Å². The Hall–Kier alpha value is -3.83. The lowest BCUT2D eigenvalue weighted by Gasteiger charge is -2.47. The number of hydrogen-bond acceptors (Lipinski definition) is 10. The van der Waals surface area contributed by atoms with Crippen molar-refractivity contribution in [2.45, 2.75) is 72.3 Å². The van der Waals surface area contributed by atoms with Crippen LogP contribution < -0.4 is 4.90 Å². The quantitative estimate of drug-likeness (QED) is 0.0644. The highest BCUT2D eigenvalue weighted by molar-refractivity contribution is 7.33. The third kappa shape index (κ3) is 8.37. The van der Waals surface area contributed by atoms with Crippen LogP contribution in [0.4, 0.5) is 10.2 Å². The summed E-state index contributed by atoms with van der Waals surface area (Å²) in [5, 5.41) is 0.0273. The SMILES string of the molecule is CCCCO[PH](=O)OCOC(=O)c1ccc(N2CCN(C(=O)c3cc4nc(-c5ccc(Cl)c(F)c5)cc(C(C)(C)C)c4o3)C(C)(C)C2)nc1C. The minimum absolute atomic E-state index is 0.0273. The van der Waals surface area contributed by atoms with E-state index in [2.05, 4.69) is 9.88 Å². The van der Waals surface area contributed by atoms with Crippen molar-refractivity contribution in [2.75, 3.05) is 37.9 Å². The Morgan fingerprint density at radius 1 is 1.08 bits per heavy atom. The number of hydrogen-bond donors (Lipinski definition) is 0. The molecule has 1 amide bonds. The number of anilines is 1. The molecule has 5 rings (SSSR count). The van der Waals surface area contributed by atoms with Gasteiger partial charge in [-0.05, 0) is 62.9 Å². The molecule has 1 atom stereocenters. The van der Waals surface area contributed by atoms with Crippen molar-refractivity contribution in [2.24, 2.45) is 0 Å². The average Bonchev–Trinajstić information content (AvgIpc) is 3.48. The van der Waals surface area contributed by atoms with E-state index in [0.717, 1.165) is 18.4 Å². The summed E-state index contributed by atoms with van der Waals surface area (Å²) < 4.78 is 47.5. The van der Waals surface area contributed by atoms with Crippen LogP contribution >= 0.6 is 19.9 Å². The van der Waals surface area contributed by atoms with Gasteiger partial charge in [-0.3, -0.25) is 13.9 Å². The number of halogens is 2. The normalized spacial score (nSPS) is 15.4. The summed E-state index contributed by atoms with van der Waals surface area (Å²) in [7, 11) is -2.74. The van der Waals surface area contributed by atoms with Crippen LogP contribution in [0, 0.1) is 12.7 Å². The average molecular weight is 729 g/mol. The number of piperazine rings is 1. The zero-order valence-electron chi connectivity index (χ0n) is 29.4. The number of ether oxygens (including phenoxy) is 1. The van der Waals surface area contributed by atoms with Gasteiger partial charge in [0, 0.05) is 36.8 Å². The summed E-state index contributed by atoms with van der Waals surface area (Å²) in [6.45, 7) is 14.9. The summed E-state index contributed by atoms with van der Waals surface area (Å²) in [5.41, 5.74) is 2.69. The molecule has 3 aromatic heterocycles. The molecular formula is C36H43ClFN4O7P. The highest BCUT2D eigenvalue weighted by Gasteiger charge is 2.39. The first-order valence-electron chi connectivity index (χ1n) is 16.5. The molecule has 1 fully saturated rings. The summed E-state index contributed by atoms with van der Waals surface area (Å²) in [6, 6.07) is 11.4. The largest absolute Gasteiger partial charge is 0.449 e. The number of esters is 1. The van der Waals surface area contributed by atoms with E-state index in [-0.39, 0.29) is 27.7 Å². The van der Waals surface area contributed by atoms with E-state index >= 15 is 0 Å². The Labute approximate surface area is 297 Å². The van der Waals surface area contributed by atoms with Crippen molar-refractivity contribution in [3.8, 4) is 11.3 Å². The number of aryl methyl sites for hydroxylation is 1. The van der Waals surface area contributed by atoms with Crippen LogP contribution in [0.25, 0.3) is 22.4 Å². The zero-order chi connectivity index (χ0) is 36.4. The lowest BCUT2D eigenvalue weighted by molar-refractivity contribution is 0.0128. The number of pyridine rings is 2. The van der Waals surface area contributed by atoms with E-state index in [9.17, 15) is 18.5 Å². The Bertz CT molecular complexity index is 1930. The summed E-state index contributed by atoms with van der Waals surface area (Å²) >= 11 is 5.92. The maximum atomic E-state index is 14.3. The number of carbonyl (C=O) groups excluding carboxylic acids is 2. The van der Waals surface area contributed by atoms with Gasteiger partial charge in [-0.1, -0.05) is 51.8 Å². The molecule has 11 nitrogen and oxygen atoms in total. The predicted octanol–water partition coefficient (Wildman–Crippen LogP) is 8.37. The number of fused-ring (bicyclic) bond motifs is 1. The van der Waals surface area contributed by atoms with Crippen molar-refractivity contribution in [1.82, 2.24) is 14.9 Å². The summed E-state index contributed by atoms with van der Waals surface area (Å²) in [4.78, 5) is 39.9. The molecule has 4 aromatic rings. The second kappa shape index (κ2) is 15.2. The van der Waals surface area contributed by atoms with E-state index < -0.39 is 32.4 Å². The maximum absolute atomic E-state index is 14.3. The number of aromatic nitrogens is 2. The first-order chi connectivity index (χ1) is 23.6. The van der Waals surface area contributed by atoms with E-state index in [0.29, 0.717) is 60.1 Å². The van der Waals surface area contributed by atoms with Crippen molar-refractivity contribution in [3.63, 3.8) is 0 Å². The second-order valence-electron chi connectivity index (χ2n) is 13.9. The lowest BCUT2D eigenvalue weighted by atomic mass is 9.86. The minimum atomic E-state index is -2.74. The van der Waals surface area contributed by atoms with Gasteiger partial charge in [0.2, 0.25) is 6.79 Å². The molecule has 4 heterocycles. The number of benzene rings is 1. The number of carbonyl (C=O) groups is 2. The second-order valence-corrected chi connectivity index (χ2v) is 15.4. The molecule has 0 bridgehead atoms. The monoisotopic (exact) mass is 728 g/mol. The molecule has 0 radical (unpaired) electrons. The van der Waals surface area contributed by atoms with Crippen LogP contribution in [-0.2, 0) is 23.8 Å². The fraction of sp³-hybridized carbons (Fsp3) is 0.444. The third-order valence-electron chi connectivity index (χ3n) is 8.56. The zero-order valence-corrected chi connectivity index (χ0v) is 31.1. The fourth-order valence-corrected chi connectivity index (χ4v) is 6.50. The van der Waals surface area contributed by atoms with Crippen LogP contribution in [0.2, 0.25) is 5.02 Å². The maximum Gasteiger partial charge on any atom is 0.342 e. The molecule has 1 saturated heterocycles. The van der Waals surface area contributed by atoms with Crippen LogP contribution in [0.15, 0.2) is 46.9 Å². The summed E-state index contributed by atoms with van der Waals surface area (Å²) in [5.74, 6) is -0.643. The van der Waals surface area contributed by atoms with Gasteiger partial charge in [0.05, 0.1) is 34.1 Å². The van der Waals surface area contributed by atoms with Crippen molar-refractivity contribution in [3.05, 3.63) is 75.9 Å². The van der Waals surface area contributed by atoms with Crippen molar-refractivity contribution in [1.29, 1.82) is 0 Å². The smallest absolute Gasteiger partial charge is 0.342 e. The Morgan fingerprint density at radius 2 is 1.84 bits per heavy atom. The molecule has 0 saturated carbocycles. The van der Waals surface area contributed by atoms with E-state index in [1.54, 1.807) is 36.1 Å². The van der Waals surface area contributed by atoms with Gasteiger partial charge >= 0.3 is 14.2 Å². The van der Waals surface area contributed by atoms with Crippen LogP contribution in [-0.4, -0.2) is 65.3 Å². The van der Waals surface area contributed by atoms with E-state index in [1.807, 2.05) is 47.6 Å². The van der Waals surface area contributed by atoms with Gasteiger partial charge < -0.3 is 23.5 Å². The van der Waals surface area contributed by atoms with Crippen LogP contribution in [0.3, 0.4) is 0 Å². The first kappa shape index (κ1) is 37.4. The topological polar surface area (TPSA) is 124 Å². The Kier molecular flexibility index (Phi) is 11.4. The highest BCUT2D eigenvalue weighted by Crippen LogP contribution is 2.36. The van der Waals surface area contributed by atoms with Gasteiger partial charge in [0.15, 0.2) is 11.3 Å². The lowest BCUT2D eigenvalue weighted by Crippen LogP contribution is -2.61. The molecule has 1 aliphatic heterocycles. The number of furan rings is 1. The minimum Gasteiger partial charge on any atom is -0.449 e. The number of rotatable bonds is 11. The molecule has 1 aliphatic rings. The third-order valence-corrected chi connectivity index (χ3v) is 9.66. The number of nitrogens with zero attached hydrogens (tertiary/aromatic N) is 4. The standard InChI is InChI=1S/C36H43ClFN4O7P/c1-8-9-16-47-50(45)48-21-46-34(44)24-11-13-31(39-22(24)2)41-14-15-42(36(6,7)20-41)33(43)30-19-29-32(49-30)25(35(3,4)5)18-28(40-29)23-10-12-26(37)27(38)17-23/h10-13,17-19,50H,8-9,14-16,20-21H2,1-7H3. The molecule has 1 aromatic carbocycles. The molecule has 0 spiro atoms. The number of unbranched alkanes of at least 4 members (excludes halogenated alkanes) is 1. The van der Waals surface area contributed by atoms with Gasteiger partial charge in [0.1, 0.15) is 17.2 Å². The predicted molar refractivity (Wildman–Crippen MR) is 191 cm³/mol. The molecule has 14 heteroatoms. The van der Waals surface area contributed by atoms with Gasteiger partial charge in [-0.25, -0.2) is 19.2 Å². The van der Waals surface area contributed by atoms with Crippen LogP contribution in [0.5, 0.6) is 0 Å². The molecular weight excluding hydrogens is 686 g/mol. The van der Waals surface area contributed by atoms with Crippen molar-refractivity contribution >= 4 is 48.6 Å². The van der Waals surface area contributed by atoms with Gasteiger partial charge in [-0.2, -0.15) is 0 Å². The van der Waals surface area contributed by atoms with E-state index in [4.69, 9.17) is 34.8 Å². The molecule has 268 valence electrons. The Morgan fingerprint density at radius 3 is 2.50 bits per heavy atom.